The summed E-state index contributed by atoms with van der Waals surface area (Å²) in [5.74, 6) is -1.43. The highest BCUT2D eigenvalue weighted by molar-refractivity contribution is 7.13. The summed E-state index contributed by atoms with van der Waals surface area (Å²) in [6.45, 7) is 4.22. The summed E-state index contributed by atoms with van der Waals surface area (Å²) in [6.07, 6.45) is 0.508. The van der Waals surface area contributed by atoms with Crippen LogP contribution in [0.1, 0.15) is 29.4 Å². The van der Waals surface area contributed by atoms with E-state index < -0.39 is 11.9 Å². The van der Waals surface area contributed by atoms with Gasteiger partial charge in [-0.2, -0.15) is 0 Å². The fourth-order valence-electron chi connectivity index (χ4n) is 2.99. The highest BCUT2D eigenvalue weighted by Gasteiger charge is 2.38. The predicted octanol–water partition coefficient (Wildman–Crippen LogP) is 3.05. The zero-order chi connectivity index (χ0) is 16.6. The molecule has 1 amide bonds. The van der Waals surface area contributed by atoms with Gasteiger partial charge in [-0.15, -0.1) is 11.3 Å². The minimum atomic E-state index is -0.834. The summed E-state index contributed by atoms with van der Waals surface area (Å²) in [6, 6.07) is 7.09. The number of amides is 1. The molecule has 0 radical (unpaired) electrons. The molecule has 1 saturated heterocycles. The van der Waals surface area contributed by atoms with Crippen LogP contribution in [0.5, 0.6) is 0 Å². The molecule has 0 bridgehead atoms. The number of likely N-dealkylation sites (tertiary alicyclic amines) is 1. The molecule has 1 aromatic heterocycles. The van der Waals surface area contributed by atoms with Crippen molar-refractivity contribution in [2.45, 2.75) is 26.3 Å². The Labute approximate surface area is 138 Å². The minimum absolute atomic E-state index is 0.114. The third-order valence-corrected chi connectivity index (χ3v) is 5.32. The Balaban J connectivity index is 1.85. The van der Waals surface area contributed by atoms with Gasteiger partial charge in [0.05, 0.1) is 5.92 Å². The van der Waals surface area contributed by atoms with Gasteiger partial charge >= 0.3 is 5.97 Å². The van der Waals surface area contributed by atoms with Crippen molar-refractivity contribution < 1.29 is 14.7 Å². The van der Waals surface area contributed by atoms with Crippen molar-refractivity contribution in [3.63, 3.8) is 0 Å². The quantitative estimate of drug-likeness (QED) is 0.939. The van der Waals surface area contributed by atoms with Crippen molar-refractivity contribution in [1.29, 1.82) is 0 Å². The number of aliphatic carboxylic acids is 1. The van der Waals surface area contributed by atoms with Crippen LogP contribution in [0.25, 0.3) is 10.6 Å². The van der Waals surface area contributed by atoms with Crippen LogP contribution in [-0.2, 0) is 4.79 Å². The van der Waals surface area contributed by atoms with Crippen LogP contribution < -0.4 is 0 Å². The van der Waals surface area contributed by atoms with E-state index in [4.69, 9.17) is 0 Å². The fourth-order valence-corrected chi connectivity index (χ4v) is 3.79. The summed E-state index contributed by atoms with van der Waals surface area (Å²) in [5.41, 5.74) is 2.45. The average Bonchev–Trinajstić information content (AvgIpc) is 3.13. The van der Waals surface area contributed by atoms with Gasteiger partial charge < -0.3 is 10.0 Å². The molecule has 1 aromatic carbocycles. The third kappa shape index (κ3) is 2.99. The van der Waals surface area contributed by atoms with Crippen LogP contribution in [-0.4, -0.2) is 39.5 Å². The Morgan fingerprint density at radius 1 is 1.39 bits per heavy atom. The van der Waals surface area contributed by atoms with Crippen LogP contribution in [0.3, 0.4) is 0 Å². The minimum Gasteiger partial charge on any atom is -0.481 e. The normalized spacial score (nSPS) is 20.7. The molecule has 2 atom stereocenters. The molecule has 2 heterocycles. The maximum absolute atomic E-state index is 12.7. The van der Waals surface area contributed by atoms with Gasteiger partial charge in [-0.1, -0.05) is 12.1 Å². The van der Waals surface area contributed by atoms with Gasteiger partial charge in [-0.05, 0) is 32.4 Å². The van der Waals surface area contributed by atoms with E-state index in [2.05, 4.69) is 4.98 Å². The van der Waals surface area contributed by atoms with Crippen molar-refractivity contribution in [2.75, 3.05) is 6.54 Å². The molecular weight excluding hydrogens is 312 g/mol. The van der Waals surface area contributed by atoms with E-state index in [1.165, 1.54) is 0 Å². The van der Waals surface area contributed by atoms with Gasteiger partial charge in [-0.3, -0.25) is 9.59 Å². The molecule has 6 heteroatoms. The largest absolute Gasteiger partial charge is 0.481 e. The third-order valence-electron chi connectivity index (χ3n) is 4.31. The number of carbonyl (C=O) groups excluding carboxylic acids is 1. The number of thiazole rings is 1. The van der Waals surface area contributed by atoms with Crippen LogP contribution in [0.15, 0.2) is 29.6 Å². The number of carboxylic acid groups (broad SMARTS) is 1. The van der Waals surface area contributed by atoms with Gasteiger partial charge in [0.25, 0.3) is 5.91 Å². The number of rotatable bonds is 3. The van der Waals surface area contributed by atoms with E-state index >= 15 is 0 Å². The van der Waals surface area contributed by atoms with E-state index in [0.717, 1.165) is 16.3 Å². The average molecular weight is 330 g/mol. The molecule has 0 spiro atoms. The van der Waals surface area contributed by atoms with Gasteiger partial charge in [0.1, 0.15) is 5.01 Å². The zero-order valence-corrected chi connectivity index (χ0v) is 13.8. The van der Waals surface area contributed by atoms with E-state index in [1.807, 2.05) is 30.5 Å². The molecule has 1 N–H and O–H groups in total. The number of hydrogen-bond acceptors (Lipinski definition) is 4. The number of carboxylic acids is 1. The number of hydrogen-bond donors (Lipinski definition) is 1. The highest BCUT2D eigenvalue weighted by atomic mass is 32.1. The molecule has 1 fully saturated rings. The molecular formula is C17H18N2O3S. The van der Waals surface area contributed by atoms with Crippen LogP contribution in [0.4, 0.5) is 0 Å². The zero-order valence-electron chi connectivity index (χ0n) is 13.0. The lowest BCUT2D eigenvalue weighted by Gasteiger charge is -2.23. The lowest BCUT2D eigenvalue weighted by atomic mass is 10.0. The molecule has 3 rings (SSSR count). The monoisotopic (exact) mass is 330 g/mol. The molecule has 2 unspecified atom stereocenters. The topological polar surface area (TPSA) is 70.5 Å². The first kappa shape index (κ1) is 15.7. The van der Waals surface area contributed by atoms with Crippen molar-refractivity contribution in [1.82, 2.24) is 9.88 Å². The number of benzene rings is 1. The first-order chi connectivity index (χ1) is 11.0. The maximum Gasteiger partial charge on any atom is 0.308 e. The van der Waals surface area contributed by atoms with Gasteiger partial charge in [0.2, 0.25) is 0 Å². The Morgan fingerprint density at radius 3 is 2.78 bits per heavy atom. The van der Waals surface area contributed by atoms with E-state index in [1.54, 1.807) is 29.2 Å². The number of carbonyl (C=O) groups is 2. The van der Waals surface area contributed by atoms with E-state index in [0.29, 0.717) is 18.5 Å². The number of aryl methyl sites for hydroxylation is 1. The van der Waals surface area contributed by atoms with Crippen molar-refractivity contribution in [3.8, 4) is 10.6 Å². The number of nitrogens with zero attached hydrogens (tertiary/aromatic N) is 2. The maximum atomic E-state index is 12.7. The molecule has 0 saturated carbocycles. The molecule has 1 aliphatic heterocycles. The first-order valence-electron chi connectivity index (χ1n) is 7.53. The molecule has 23 heavy (non-hydrogen) atoms. The summed E-state index contributed by atoms with van der Waals surface area (Å²) >= 11 is 1.55. The van der Waals surface area contributed by atoms with E-state index in [9.17, 15) is 14.7 Å². The predicted molar refractivity (Wildman–Crippen MR) is 88.5 cm³/mol. The molecule has 1 aliphatic rings. The SMILES string of the molecule is Cc1csc(-c2cccc(C(=O)N3CCC(C(=O)O)C3C)c2)n1. The standard InChI is InChI=1S/C17H18N2O3S/c1-10-9-23-15(18-10)12-4-3-5-13(8-12)16(20)19-7-6-14(11(19)2)17(21)22/h3-5,8-9,11,14H,6-7H2,1-2H3,(H,21,22). The van der Waals surface area contributed by atoms with E-state index in [-0.39, 0.29) is 11.9 Å². The summed E-state index contributed by atoms with van der Waals surface area (Å²) in [5, 5.41) is 12.1. The fraction of sp³-hybridized carbons (Fsp3) is 0.353. The Morgan fingerprint density at radius 2 is 2.17 bits per heavy atom. The Bertz CT molecular complexity index is 756. The van der Waals surface area contributed by atoms with Crippen molar-refractivity contribution >= 4 is 23.2 Å². The number of aromatic nitrogens is 1. The van der Waals surface area contributed by atoms with Crippen LogP contribution in [0, 0.1) is 12.8 Å². The molecule has 0 aliphatic carbocycles. The Kier molecular flexibility index (Phi) is 4.17. The summed E-state index contributed by atoms with van der Waals surface area (Å²) in [4.78, 5) is 30.0. The van der Waals surface area contributed by atoms with Gasteiger partial charge in [0.15, 0.2) is 0 Å². The lowest BCUT2D eigenvalue weighted by Crippen LogP contribution is -2.37. The second kappa shape index (κ2) is 6.12. The second-order valence-electron chi connectivity index (χ2n) is 5.85. The molecule has 5 nitrogen and oxygen atoms in total. The lowest BCUT2D eigenvalue weighted by molar-refractivity contribution is -0.142. The molecule has 120 valence electrons. The first-order valence-corrected chi connectivity index (χ1v) is 8.41. The van der Waals surface area contributed by atoms with Gasteiger partial charge in [-0.25, -0.2) is 4.98 Å². The van der Waals surface area contributed by atoms with Gasteiger partial charge in [0, 0.05) is 34.8 Å². The summed E-state index contributed by atoms with van der Waals surface area (Å²) < 4.78 is 0. The smallest absolute Gasteiger partial charge is 0.308 e. The van der Waals surface area contributed by atoms with Crippen molar-refractivity contribution in [3.05, 3.63) is 40.9 Å². The molecule has 2 aromatic rings. The summed E-state index contributed by atoms with van der Waals surface area (Å²) in [7, 11) is 0. The Hall–Kier alpha value is -2.21. The van der Waals surface area contributed by atoms with Crippen LogP contribution in [0.2, 0.25) is 0 Å². The highest BCUT2D eigenvalue weighted by Crippen LogP contribution is 2.28. The van der Waals surface area contributed by atoms with Crippen molar-refractivity contribution in [2.24, 2.45) is 5.92 Å². The second-order valence-corrected chi connectivity index (χ2v) is 6.71. The van der Waals surface area contributed by atoms with Crippen LogP contribution >= 0.6 is 11.3 Å².